The molecule has 0 saturated heterocycles. The van der Waals surface area contributed by atoms with Gasteiger partial charge in [-0.25, -0.2) is 0 Å². The molecule has 2 rings (SSSR count). The molecule has 0 atom stereocenters. The number of amides is 1. The molecule has 16 heavy (non-hydrogen) atoms. The Kier molecular flexibility index (Phi) is 2.12. The average molecular weight is 221 g/mol. The number of fused-ring (bicyclic) bond motifs is 1. The lowest BCUT2D eigenvalue weighted by Crippen LogP contribution is -2.41. The minimum atomic E-state index is -0.293. The van der Waals surface area contributed by atoms with Crippen molar-refractivity contribution in [2.24, 2.45) is 0 Å². The summed E-state index contributed by atoms with van der Waals surface area (Å²) in [5.74, 6) is -0.460. The van der Waals surface area contributed by atoms with E-state index in [0.29, 0.717) is 17.7 Å². The second kappa shape index (κ2) is 3.14. The number of rotatable bonds is 0. The predicted octanol–water partition coefficient (Wildman–Crippen LogP) is 1.85. The largest absolute Gasteiger partial charge is 0.504 e. The van der Waals surface area contributed by atoms with E-state index in [-0.39, 0.29) is 22.9 Å². The highest BCUT2D eigenvalue weighted by molar-refractivity contribution is 5.99. The van der Waals surface area contributed by atoms with Crippen LogP contribution in [0.2, 0.25) is 0 Å². The number of nitrogens with zero attached hydrogens (tertiary/aromatic N) is 1. The molecule has 1 amide bonds. The smallest absolute Gasteiger partial charge is 0.255 e. The van der Waals surface area contributed by atoms with Gasteiger partial charge in [0.05, 0.1) is 6.54 Å². The monoisotopic (exact) mass is 221 g/mol. The molecule has 1 aliphatic heterocycles. The third-order valence-corrected chi connectivity index (χ3v) is 2.86. The summed E-state index contributed by atoms with van der Waals surface area (Å²) in [5.41, 5.74) is 0.697. The highest BCUT2D eigenvalue weighted by atomic mass is 16.3. The van der Waals surface area contributed by atoms with Crippen molar-refractivity contribution in [2.45, 2.75) is 32.9 Å². The van der Waals surface area contributed by atoms with E-state index in [1.165, 1.54) is 6.07 Å². The van der Waals surface area contributed by atoms with Crippen LogP contribution in [0.25, 0.3) is 0 Å². The number of hydrogen-bond acceptors (Lipinski definition) is 3. The van der Waals surface area contributed by atoms with Crippen LogP contribution in [-0.2, 0) is 6.54 Å². The van der Waals surface area contributed by atoms with Crippen LogP contribution < -0.4 is 0 Å². The highest BCUT2D eigenvalue weighted by Gasteiger charge is 2.36. The van der Waals surface area contributed by atoms with E-state index in [4.69, 9.17) is 0 Å². The van der Waals surface area contributed by atoms with Crippen LogP contribution in [0, 0.1) is 0 Å². The Labute approximate surface area is 94.1 Å². The van der Waals surface area contributed by atoms with Crippen LogP contribution in [0.15, 0.2) is 12.1 Å². The molecule has 4 nitrogen and oxygen atoms in total. The van der Waals surface area contributed by atoms with Crippen LogP contribution >= 0.6 is 0 Å². The molecule has 2 N–H and O–H groups in total. The van der Waals surface area contributed by atoms with Gasteiger partial charge in [0.2, 0.25) is 0 Å². The van der Waals surface area contributed by atoms with E-state index < -0.39 is 0 Å². The number of carbonyl (C=O) groups excluding carboxylic acids is 1. The molecule has 0 spiro atoms. The molecule has 0 radical (unpaired) electrons. The minimum Gasteiger partial charge on any atom is -0.504 e. The molecule has 0 unspecified atom stereocenters. The number of hydrogen-bond donors (Lipinski definition) is 2. The molecule has 4 heteroatoms. The van der Waals surface area contributed by atoms with Crippen LogP contribution in [0.5, 0.6) is 11.5 Å². The van der Waals surface area contributed by atoms with E-state index >= 15 is 0 Å². The Morgan fingerprint density at radius 3 is 2.44 bits per heavy atom. The number of phenolic OH excluding ortho intramolecular Hbond substituents is 2. The zero-order chi connectivity index (χ0) is 12.1. The van der Waals surface area contributed by atoms with Gasteiger partial charge in [0.1, 0.15) is 0 Å². The zero-order valence-corrected chi connectivity index (χ0v) is 9.61. The third kappa shape index (κ3) is 1.41. The molecule has 1 aromatic carbocycles. The topological polar surface area (TPSA) is 60.8 Å². The maximum absolute atomic E-state index is 12.0. The van der Waals surface area contributed by atoms with Crippen LogP contribution in [0.4, 0.5) is 0 Å². The second-order valence-electron chi connectivity index (χ2n) is 5.02. The predicted molar refractivity (Wildman–Crippen MR) is 59.4 cm³/mol. The summed E-state index contributed by atoms with van der Waals surface area (Å²) in [4.78, 5) is 13.7. The van der Waals surface area contributed by atoms with Crippen molar-refractivity contribution in [1.29, 1.82) is 0 Å². The lowest BCUT2D eigenvalue weighted by Gasteiger charge is -2.31. The van der Waals surface area contributed by atoms with Crippen molar-refractivity contribution in [3.05, 3.63) is 23.3 Å². The van der Waals surface area contributed by atoms with E-state index in [9.17, 15) is 15.0 Å². The number of phenols is 2. The van der Waals surface area contributed by atoms with Crippen LogP contribution in [0.1, 0.15) is 36.7 Å². The van der Waals surface area contributed by atoms with Gasteiger partial charge in [-0.3, -0.25) is 4.79 Å². The Bertz CT molecular complexity index is 460. The maximum Gasteiger partial charge on any atom is 0.255 e. The first-order valence-electron chi connectivity index (χ1n) is 5.18. The van der Waals surface area contributed by atoms with Gasteiger partial charge in [-0.1, -0.05) is 0 Å². The maximum atomic E-state index is 12.0. The van der Waals surface area contributed by atoms with Crippen molar-refractivity contribution in [1.82, 2.24) is 4.90 Å². The minimum absolute atomic E-state index is 0.0993. The summed E-state index contributed by atoms with van der Waals surface area (Å²) >= 11 is 0. The Balaban J connectivity index is 2.50. The first kappa shape index (κ1) is 10.8. The Hall–Kier alpha value is -1.71. The summed E-state index contributed by atoms with van der Waals surface area (Å²) < 4.78 is 0. The zero-order valence-electron chi connectivity index (χ0n) is 9.61. The molecule has 1 aromatic rings. The second-order valence-corrected chi connectivity index (χ2v) is 5.02. The Morgan fingerprint density at radius 2 is 1.88 bits per heavy atom. The van der Waals surface area contributed by atoms with E-state index in [0.717, 1.165) is 0 Å². The number of benzene rings is 1. The van der Waals surface area contributed by atoms with Gasteiger partial charge in [-0.05, 0) is 32.9 Å². The molecule has 0 aromatic heterocycles. The molecule has 1 aliphatic rings. The van der Waals surface area contributed by atoms with Gasteiger partial charge in [0, 0.05) is 16.7 Å². The summed E-state index contributed by atoms with van der Waals surface area (Å²) in [7, 11) is 0. The van der Waals surface area contributed by atoms with Crippen LogP contribution in [0.3, 0.4) is 0 Å². The van der Waals surface area contributed by atoms with Gasteiger partial charge in [0.15, 0.2) is 11.5 Å². The molecule has 0 aliphatic carbocycles. The lowest BCUT2D eigenvalue weighted by atomic mass is 10.1. The first-order chi connectivity index (χ1) is 7.32. The van der Waals surface area contributed by atoms with Gasteiger partial charge < -0.3 is 15.1 Å². The first-order valence-corrected chi connectivity index (χ1v) is 5.18. The van der Waals surface area contributed by atoms with Crippen molar-refractivity contribution >= 4 is 5.91 Å². The third-order valence-electron chi connectivity index (χ3n) is 2.86. The quantitative estimate of drug-likeness (QED) is 0.657. The molecule has 0 bridgehead atoms. The van der Waals surface area contributed by atoms with Crippen molar-refractivity contribution in [3.8, 4) is 11.5 Å². The van der Waals surface area contributed by atoms with Gasteiger partial charge in [-0.15, -0.1) is 0 Å². The fourth-order valence-corrected chi connectivity index (χ4v) is 1.90. The van der Waals surface area contributed by atoms with Gasteiger partial charge in [-0.2, -0.15) is 0 Å². The summed E-state index contributed by atoms with van der Waals surface area (Å²) in [5, 5.41) is 19.1. The standard InChI is InChI=1S/C12H15NO3/c1-12(2,3)13-6-8-7(11(13)16)4-5-9(14)10(8)15/h4-5,14-15H,6H2,1-3H3. The van der Waals surface area contributed by atoms with Crippen molar-refractivity contribution in [2.75, 3.05) is 0 Å². The van der Waals surface area contributed by atoms with Gasteiger partial charge in [0.25, 0.3) is 5.91 Å². The van der Waals surface area contributed by atoms with E-state index in [1.54, 1.807) is 11.0 Å². The summed E-state index contributed by atoms with van der Waals surface area (Å²) in [6.45, 7) is 6.16. The SMILES string of the molecule is CC(C)(C)N1Cc2c(ccc(O)c2O)C1=O. The molecular weight excluding hydrogens is 206 g/mol. The molecule has 86 valence electrons. The highest BCUT2D eigenvalue weighted by Crippen LogP contribution is 2.38. The van der Waals surface area contributed by atoms with Crippen molar-refractivity contribution < 1.29 is 15.0 Å². The normalized spacial score (nSPS) is 15.4. The number of carbonyl (C=O) groups is 1. The summed E-state index contributed by atoms with van der Waals surface area (Å²) in [6.07, 6.45) is 0. The van der Waals surface area contributed by atoms with Crippen molar-refractivity contribution in [3.63, 3.8) is 0 Å². The molecule has 0 fully saturated rings. The van der Waals surface area contributed by atoms with Gasteiger partial charge >= 0.3 is 0 Å². The summed E-state index contributed by atoms with van der Waals surface area (Å²) in [6, 6.07) is 2.90. The fraction of sp³-hybridized carbons (Fsp3) is 0.417. The molecule has 0 saturated carbocycles. The molecule has 1 heterocycles. The average Bonchev–Trinajstić information content (AvgIpc) is 2.50. The van der Waals surface area contributed by atoms with E-state index in [1.807, 2.05) is 20.8 Å². The Morgan fingerprint density at radius 1 is 1.25 bits per heavy atom. The lowest BCUT2D eigenvalue weighted by molar-refractivity contribution is 0.0609. The van der Waals surface area contributed by atoms with Crippen LogP contribution in [-0.4, -0.2) is 26.6 Å². The fourth-order valence-electron chi connectivity index (χ4n) is 1.90. The molecular formula is C12H15NO3. The number of aromatic hydroxyl groups is 2. The van der Waals surface area contributed by atoms with E-state index in [2.05, 4.69) is 0 Å².